The largest absolute Gasteiger partial charge is 0.339 e. The van der Waals surface area contributed by atoms with E-state index in [1.807, 2.05) is 29.2 Å². The first kappa shape index (κ1) is 18.4. The quantitative estimate of drug-likeness (QED) is 0.777. The van der Waals surface area contributed by atoms with E-state index in [9.17, 15) is 13.2 Å². The standard InChI is InChI=1S/C19H28N2O3S/c1-2-10-21(18-9-13-25(23,24)15-18)14-16-5-7-17(8-6-16)19(22)20-11-3-4-12-20/h5-8,18H,2-4,9-15H2,1H3. The van der Waals surface area contributed by atoms with Gasteiger partial charge < -0.3 is 4.90 Å². The average molecular weight is 365 g/mol. The lowest BCUT2D eigenvalue weighted by Crippen LogP contribution is -2.36. The zero-order valence-corrected chi connectivity index (χ0v) is 15.8. The number of amides is 1. The lowest BCUT2D eigenvalue weighted by atomic mass is 10.1. The summed E-state index contributed by atoms with van der Waals surface area (Å²) in [5, 5.41) is 0. The van der Waals surface area contributed by atoms with Gasteiger partial charge in [-0.1, -0.05) is 19.1 Å². The second kappa shape index (κ2) is 7.87. The van der Waals surface area contributed by atoms with Gasteiger partial charge in [0.2, 0.25) is 0 Å². The molecule has 0 bridgehead atoms. The molecular weight excluding hydrogens is 336 g/mol. The third-order valence-electron chi connectivity index (χ3n) is 5.22. The summed E-state index contributed by atoms with van der Waals surface area (Å²) < 4.78 is 23.6. The highest BCUT2D eigenvalue weighted by Crippen LogP contribution is 2.21. The SMILES string of the molecule is CCCN(Cc1ccc(C(=O)N2CCCC2)cc1)C1CCS(=O)(=O)C1. The van der Waals surface area contributed by atoms with Crippen molar-refractivity contribution in [3.8, 4) is 0 Å². The molecule has 6 heteroatoms. The predicted molar refractivity (Wildman–Crippen MR) is 99.3 cm³/mol. The maximum Gasteiger partial charge on any atom is 0.253 e. The molecule has 138 valence electrons. The number of benzene rings is 1. The van der Waals surface area contributed by atoms with Gasteiger partial charge in [-0.25, -0.2) is 8.42 Å². The third kappa shape index (κ3) is 4.61. The maximum atomic E-state index is 12.4. The minimum Gasteiger partial charge on any atom is -0.339 e. The van der Waals surface area contributed by atoms with E-state index in [0.717, 1.165) is 63.0 Å². The number of rotatable bonds is 6. The van der Waals surface area contributed by atoms with E-state index in [4.69, 9.17) is 0 Å². The minimum atomic E-state index is -2.87. The van der Waals surface area contributed by atoms with Crippen LogP contribution in [0, 0.1) is 0 Å². The van der Waals surface area contributed by atoms with Crippen LogP contribution in [0.1, 0.15) is 48.5 Å². The van der Waals surface area contributed by atoms with E-state index in [0.29, 0.717) is 5.75 Å². The van der Waals surface area contributed by atoms with Crippen LogP contribution in [-0.4, -0.2) is 61.3 Å². The fourth-order valence-corrected chi connectivity index (χ4v) is 5.59. The molecule has 25 heavy (non-hydrogen) atoms. The Hall–Kier alpha value is -1.40. The van der Waals surface area contributed by atoms with Crippen molar-refractivity contribution in [1.82, 2.24) is 9.80 Å². The number of hydrogen-bond acceptors (Lipinski definition) is 4. The highest BCUT2D eigenvalue weighted by molar-refractivity contribution is 7.91. The summed E-state index contributed by atoms with van der Waals surface area (Å²) in [7, 11) is -2.87. The molecule has 1 aromatic rings. The minimum absolute atomic E-state index is 0.121. The van der Waals surface area contributed by atoms with Crippen molar-refractivity contribution in [2.45, 2.75) is 45.2 Å². The molecule has 2 aliphatic rings. The van der Waals surface area contributed by atoms with E-state index in [1.165, 1.54) is 0 Å². The smallest absolute Gasteiger partial charge is 0.253 e. The molecule has 1 atom stereocenters. The van der Waals surface area contributed by atoms with E-state index in [1.54, 1.807) is 0 Å². The molecule has 0 aromatic heterocycles. The molecule has 2 aliphatic heterocycles. The molecule has 1 amide bonds. The molecule has 1 aromatic carbocycles. The number of hydrogen-bond donors (Lipinski definition) is 0. The Morgan fingerprint density at radius 3 is 2.44 bits per heavy atom. The van der Waals surface area contributed by atoms with Crippen LogP contribution in [0.25, 0.3) is 0 Å². The normalized spacial score (nSPS) is 22.6. The molecule has 0 aliphatic carbocycles. The highest BCUT2D eigenvalue weighted by Gasteiger charge is 2.31. The Morgan fingerprint density at radius 2 is 1.88 bits per heavy atom. The summed E-state index contributed by atoms with van der Waals surface area (Å²) in [5.74, 6) is 0.705. The van der Waals surface area contributed by atoms with Gasteiger partial charge in [-0.3, -0.25) is 9.69 Å². The van der Waals surface area contributed by atoms with Gasteiger partial charge in [0.05, 0.1) is 11.5 Å². The summed E-state index contributed by atoms with van der Waals surface area (Å²) in [5.41, 5.74) is 1.88. The van der Waals surface area contributed by atoms with Gasteiger partial charge in [-0.05, 0) is 49.9 Å². The molecule has 2 fully saturated rings. The lowest BCUT2D eigenvalue weighted by molar-refractivity contribution is 0.0793. The Kier molecular flexibility index (Phi) is 5.79. The third-order valence-corrected chi connectivity index (χ3v) is 6.97. The first-order chi connectivity index (χ1) is 12.0. The van der Waals surface area contributed by atoms with Crippen molar-refractivity contribution in [3.63, 3.8) is 0 Å². The fourth-order valence-electron chi connectivity index (χ4n) is 3.83. The molecule has 0 saturated carbocycles. The summed E-state index contributed by atoms with van der Waals surface area (Å²) >= 11 is 0. The van der Waals surface area contributed by atoms with Gasteiger partial charge in [0.1, 0.15) is 0 Å². The summed E-state index contributed by atoms with van der Waals surface area (Å²) in [6.45, 7) is 5.48. The van der Waals surface area contributed by atoms with E-state index in [-0.39, 0.29) is 17.7 Å². The van der Waals surface area contributed by atoms with Crippen molar-refractivity contribution >= 4 is 15.7 Å². The van der Waals surface area contributed by atoms with Crippen molar-refractivity contribution in [3.05, 3.63) is 35.4 Å². The van der Waals surface area contributed by atoms with Gasteiger partial charge in [0, 0.05) is 31.2 Å². The van der Waals surface area contributed by atoms with Crippen LogP contribution in [0.15, 0.2) is 24.3 Å². The van der Waals surface area contributed by atoms with Crippen molar-refractivity contribution in [1.29, 1.82) is 0 Å². The van der Waals surface area contributed by atoms with Gasteiger partial charge in [-0.15, -0.1) is 0 Å². The van der Waals surface area contributed by atoms with Crippen molar-refractivity contribution in [2.75, 3.05) is 31.1 Å². The van der Waals surface area contributed by atoms with Crippen LogP contribution in [0.2, 0.25) is 0 Å². The van der Waals surface area contributed by atoms with Crippen LogP contribution in [0.4, 0.5) is 0 Å². The predicted octanol–water partition coefficient (Wildman–Crippen LogP) is 2.32. The molecule has 3 rings (SSSR count). The lowest BCUT2D eigenvalue weighted by Gasteiger charge is -2.27. The molecule has 0 spiro atoms. The fraction of sp³-hybridized carbons (Fsp3) is 0.632. The molecule has 2 saturated heterocycles. The number of carbonyl (C=O) groups excluding carboxylic acids is 1. The Bertz CT molecular complexity index is 694. The second-order valence-electron chi connectivity index (χ2n) is 7.22. The topological polar surface area (TPSA) is 57.7 Å². The number of carbonyl (C=O) groups is 1. The van der Waals surface area contributed by atoms with E-state index < -0.39 is 9.84 Å². The zero-order chi connectivity index (χ0) is 17.9. The highest BCUT2D eigenvalue weighted by atomic mass is 32.2. The van der Waals surface area contributed by atoms with Gasteiger partial charge >= 0.3 is 0 Å². The Labute approximate surface area is 150 Å². The average Bonchev–Trinajstić information content (AvgIpc) is 3.24. The van der Waals surface area contributed by atoms with Gasteiger partial charge in [0.15, 0.2) is 9.84 Å². The van der Waals surface area contributed by atoms with Crippen molar-refractivity contribution < 1.29 is 13.2 Å². The molecule has 0 N–H and O–H groups in total. The van der Waals surface area contributed by atoms with Crippen LogP contribution in [0.3, 0.4) is 0 Å². The monoisotopic (exact) mass is 364 g/mol. The second-order valence-corrected chi connectivity index (χ2v) is 9.45. The van der Waals surface area contributed by atoms with E-state index in [2.05, 4.69) is 11.8 Å². The first-order valence-corrected chi connectivity index (χ1v) is 11.1. The molecule has 1 unspecified atom stereocenters. The molecule has 5 nitrogen and oxygen atoms in total. The Morgan fingerprint density at radius 1 is 1.20 bits per heavy atom. The molecule has 2 heterocycles. The van der Waals surface area contributed by atoms with Gasteiger partial charge in [-0.2, -0.15) is 0 Å². The van der Waals surface area contributed by atoms with Gasteiger partial charge in [0.25, 0.3) is 5.91 Å². The van der Waals surface area contributed by atoms with Crippen LogP contribution >= 0.6 is 0 Å². The maximum absolute atomic E-state index is 12.4. The number of nitrogens with zero attached hydrogens (tertiary/aromatic N) is 2. The summed E-state index contributed by atoms with van der Waals surface area (Å²) in [6.07, 6.45) is 3.93. The summed E-state index contributed by atoms with van der Waals surface area (Å²) in [6, 6.07) is 7.96. The zero-order valence-electron chi connectivity index (χ0n) is 15.0. The number of sulfone groups is 1. The molecule has 0 radical (unpaired) electrons. The summed E-state index contributed by atoms with van der Waals surface area (Å²) in [4.78, 5) is 16.6. The first-order valence-electron chi connectivity index (χ1n) is 9.31. The Balaban J connectivity index is 1.65. The van der Waals surface area contributed by atoms with Crippen molar-refractivity contribution in [2.24, 2.45) is 0 Å². The number of likely N-dealkylation sites (tertiary alicyclic amines) is 1. The van der Waals surface area contributed by atoms with E-state index >= 15 is 0 Å². The van der Waals surface area contributed by atoms with Crippen LogP contribution in [-0.2, 0) is 16.4 Å². The van der Waals surface area contributed by atoms with Crippen LogP contribution < -0.4 is 0 Å². The molecular formula is C19H28N2O3S. The van der Waals surface area contributed by atoms with Crippen LogP contribution in [0.5, 0.6) is 0 Å².